The summed E-state index contributed by atoms with van der Waals surface area (Å²) >= 11 is 0. The lowest BCUT2D eigenvalue weighted by atomic mass is 10.0. The second-order valence-electron chi connectivity index (χ2n) is 8.29. The van der Waals surface area contributed by atoms with Crippen LogP contribution in [0, 0.1) is 24.5 Å². The van der Waals surface area contributed by atoms with Crippen molar-refractivity contribution in [2.24, 2.45) is 5.92 Å². The van der Waals surface area contributed by atoms with Crippen LogP contribution in [0.1, 0.15) is 37.6 Å². The number of hydrogen-bond acceptors (Lipinski definition) is 1. The average Bonchev–Trinajstić information content (AvgIpc) is 3.15. The van der Waals surface area contributed by atoms with Crippen molar-refractivity contribution in [1.29, 1.82) is 0 Å². The van der Waals surface area contributed by atoms with E-state index in [9.17, 15) is 13.6 Å². The van der Waals surface area contributed by atoms with Gasteiger partial charge in [-0.2, -0.15) is 0 Å². The molecule has 164 valence electrons. The van der Waals surface area contributed by atoms with Crippen LogP contribution in [-0.4, -0.2) is 21.5 Å². The minimum absolute atomic E-state index is 0.0624. The van der Waals surface area contributed by atoms with E-state index in [4.69, 9.17) is 0 Å². The molecule has 0 aliphatic heterocycles. The van der Waals surface area contributed by atoms with Crippen molar-refractivity contribution < 1.29 is 13.6 Å². The van der Waals surface area contributed by atoms with E-state index >= 15 is 0 Å². The maximum absolute atomic E-state index is 13.6. The van der Waals surface area contributed by atoms with Gasteiger partial charge in [0.05, 0.1) is 6.54 Å². The molecule has 1 atom stereocenters. The van der Waals surface area contributed by atoms with Gasteiger partial charge in [0.25, 0.3) is 0 Å². The van der Waals surface area contributed by atoms with Gasteiger partial charge in [-0.15, -0.1) is 0 Å². The third-order valence-corrected chi connectivity index (χ3v) is 5.58. The van der Waals surface area contributed by atoms with E-state index in [1.807, 2.05) is 45.2 Å². The fraction of sp³-hybridized carbons (Fsp3) is 0.320. The van der Waals surface area contributed by atoms with Crippen LogP contribution in [-0.2, 0) is 13.1 Å². The van der Waals surface area contributed by atoms with Crippen molar-refractivity contribution in [1.82, 2.24) is 9.47 Å². The van der Waals surface area contributed by atoms with Crippen molar-refractivity contribution >= 4 is 11.7 Å². The Kier molecular flexibility index (Phi) is 7.10. The number of aromatic nitrogens is 1. The zero-order chi connectivity index (χ0) is 22.5. The summed E-state index contributed by atoms with van der Waals surface area (Å²) in [6.07, 6.45) is 2.00. The highest BCUT2D eigenvalue weighted by Gasteiger charge is 2.24. The largest absolute Gasteiger partial charge is 0.345 e. The Bertz CT molecular complexity index is 1040. The molecule has 31 heavy (non-hydrogen) atoms. The first-order valence-corrected chi connectivity index (χ1v) is 10.5. The number of rotatable bonds is 7. The fourth-order valence-electron chi connectivity index (χ4n) is 3.46. The molecule has 0 aliphatic rings. The van der Waals surface area contributed by atoms with E-state index in [2.05, 4.69) is 35.0 Å². The van der Waals surface area contributed by atoms with Gasteiger partial charge < -0.3 is 14.8 Å². The van der Waals surface area contributed by atoms with Gasteiger partial charge in [-0.05, 0) is 49.6 Å². The summed E-state index contributed by atoms with van der Waals surface area (Å²) < 4.78 is 28.9. The molecule has 0 fully saturated rings. The summed E-state index contributed by atoms with van der Waals surface area (Å²) in [5.41, 5.74) is 3.61. The molecule has 1 aromatic heterocycles. The molecule has 1 N–H and O–H groups in total. The highest BCUT2D eigenvalue weighted by atomic mass is 19.2. The smallest absolute Gasteiger partial charge is 0.322 e. The van der Waals surface area contributed by atoms with Crippen LogP contribution in [0.5, 0.6) is 0 Å². The monoisotopic (exact) mass is 425 g/mol. The normalized spacial score (nSPS) is 12.1. The van der Waals surface area contributed by atoms with E-state index in [1.165, 1.54) is 17.2 Å². The van der Waals surface area contributed by atoms with Crippen LogP contribution in [0.4, 0.5) is 19.3 Å². The molecule has 1 unspecified atom stereocenters. The summed E-state index contributed by atoms with van der Waals surface area (Å²) in [4.78, 5) is 14.8. The van der Waals surface area contributed by atoms with Gasteiger partial charge in [0.2, 0.25) is 0 Å². The van der Waals surface area contributed by atoms with Crippen molar-refractivity contribution in [2.75, 3.05) is 5.32 Å². The minimum atomic E-state index is -0.992. The first-order chi connectivity index (χ1) is 14.7. The van der Waals surface area contributed by atoms with Crippen LogP contribution >= 0.6 is 0 Å². The molecule has 0 radical (unpaired) electrons. The molecular formula is C25H29F2N3O. The first kappa shape index (κ1) is 22.5. The number of halogens is 2. The van der Waals surface area contributed by atoms with Gasteiger partial charge in [-0.25, -0.2) is 13.6 Å². The Morgan fingerprint density at radius 3 is 2.48 bits per heavy atom. The molecule has 0 saturated heterocycles. The molecule has 3 rings (SSSR count). The van der Waals surface area contributed by atoms with Crippen LogP contribution < -0.4 is 5.32 Å². The zero-order valence-corrected chi connectivity index (χ0v) is 18.4. The number of urea groups is 1. The second kappa shape index (κ2) is 9.77. The van der Waals surface area contributed by atoms with E-state index in [0.717, 1.165) is 17.8 Å². The Morgan fingerprint density at radius 1 is 1.03 bits per heavy atom. The summed E-state index contributed by atoms with van der Waals surface area (Å²) in [6.45, 7) is 9.26. The van der Waals surface area contributed by atoms with Crippen molar-refractivity contribution in [3.63, 3.8) is 0 Å². The van der Waals surface area contributed by atoms with Gasteiger partial charge in [-0.3, -0.25) is 0 Å². The molecule has 2 amide bonds. The minimum Gasteiger partial charge on any atom is -0.345 e. The third-order valence-electron chi connectivity index (χ3n) is 5.58. The Hall–Kier alpha value is -3.15. The topological polar surface area (TPSA) is 37.3 Å². The van der Waals surface area contributed by atoms with Gasteiger partial charge in [-0.1, -0.05) is 43.7 Å². The van der Waals surface area contributed by atoms with Crippen LogP contribution in [0.2, 0.25) is 0 Å². The molecule has 3 aromatic rings. The highest BCUT2D eigenvalue weighted by Crippen LogP contribution is 2.20. The molecule has 6 heteroatoms. The van der Waals surface area contributed by atoms with Gasteiger partial charge in [0.1, 0.15) is 0 Å². The number of benzene rings is 2. The number of nitrogens with zero attached hydrogens (tertiary/aromatic N) is 2. The number of nitrogens with one attached hydrogen (secondary N) is 1. The van der Waals surface area contributed by atoms with Crippen molar-refractivity contribution in [2.45, 2.75) is 46.8 Å². The molecule has 0 aliphatic carbocycles. The van der Waals surface area contributed by atoms with Gasteiger partial charge in [0, 0.05) is 36.2 Å². The van der Waals surface area contributed by atoms with Crippen LogP contribution in [0.25, 0.3) is 0 Å². The summed E-state index contributed by atoms with van der Waals surface area (Å²) in [7, 11) is 0. The number of carbonyl (C=O) groups excluding carboxylic acids is 1. The van der Waals surface area contributed by atoms with E-state index in [1.54, 1.807) is 4.90 Å². The number of anilines is 1. The molecule has 0 saturated carbocycles. The maximum Gasteiger partial charge on any atom is 0.322 e. The molecular weight excluding hydrogens is 396 g/mol. The van der Waals surface area contributed by atoms with Crippen molar-refractivity contribution in [3.8, 4) is 0 Å². The number of amides is 2. The van der Waals surface area contributed by atoms with Gasteiger partial charge in [0.15, 0.2) is 11.6 Å². The quantitative estimate of drug-likeness (QED) is 0.481. The fourth-order valence-corrected chi connectivity index (χ4v) is 3.46. The van der Waals surface area contributed by atoms with Crippen LogP contribution in [0.15, 0.2) is 60.8 Å². The predicted octanol–water partition coefficient (Wildman–Crippen LogP) is 6.20. The third kappa shape index (κ3) is 5.72. The Labute approximate surface area is 182 Å². The Balaban J connectivity index is 1.81. The lowest BCUT2D eigenvalue weighted by Crippen LogP contribution is -2.43. The van der Waals surface area contributed by atoms with Gasteiger partial charge >= 0.3 is 6.03 Å². The average molecular weight is 426 g/mol. The van der Waals surface area contributed by atoms with E-state index in [0.29, 0.717) is 13.1 Å². The second-order valence-corrected chi connectivity index (χ2v) is 8.29. The summed E-state index contributed by atoms with van der Waals surface area (Å²) in [6, 6.07) is 15.2. The van der Waals surface area contributed by atoms with Crippen molar-refractivity contribution in [3.05, 3.63) is 89.2 Å². The maximum atomic E-state index is 13.6. The zero-order valence-electron chi connectivity index (χ0n) is 18.4. The lowest BCUT2D eigenvalue weighted by Gasteiger charge is -2.32. The first-order valence-electron chi connectivity index (χ1n) is 10.5. The van der Waals surface area contributed by atoms with E-state index in [-0.39, 0.29) is 23.7 Å². The SMILES string of the molecule is Cc1cccc(Cn2cccc2CN(C(=O)Nc2ccc(F)c(F)c2)C(C)C(C)C)c1. The highest BCUT2D eigenvalue weighted by molar-refractivity contribution is 5.89. The molecule has 1 heterocycles. The van der Waals surface area contributed by atoms with Crippen LogP contribution in [0.3, 0.4) is 0 Å². The molecule has 4 nitrogen and oxygen atoms in total. The number of hydrogen-bond donors (Lipinski definition) is 1. The molecule has 2 aromatic carbocycles. The standard InChI is InChI=1S/C25H29F2N3O/c1-17(2)19(4)30(25(31)28-21-10-11-23(26)24(27)14-21)16-22-9-6-12-29(22)15-20-8-5-7-18(3)13-20/h5-14,17,19H,15-16H2,1-4H3,(H,28,31). The summed E-state index contributed by atoms with van der Waals surface area (Å²) in [5.74, 6) is -1.72. The molecule has 0 spiro atoms. The molecule has 0 bridgehead atoms. The van der Waals surface area contributed by atoms with E-state index < -0.39 is 11.6 Å². The number of carbonyl (C=O) groups is 1. The lowest BCUT2D eigenvalue weighted by molar-refractivity contribution is 0.168. The Morgan fingerprint density at radius 2 is 1.81 bits per heavy atom. The predicted molar refractivity (Wildman–Crippen MR) is 120 cm³/mol. The number of aryl methyl sites for hydroxylation is 1. The summed E-state index contributed by atoms with van der Waals surface area (Å²) in [5, 5.41) is 2.71.